The van der Waals surface area contributed by atoms with Crippen LogP contribution in [0.2, 0.25) is 0 Å². The first-order valence-corrected chi connectivity index (χ1v) is 3.60. The summed E-state index contributed by atoms with van der Waals surface area (Å²) >= 11 is 0. The molecule has 5 heteroatoms. The molecule has 0 bridgehead atoms. The van der Waals surface area contributed by atoms with Crippen LogP contribution >= 0.6 is 0 Å². The number of alkyl halides is 3. The Bertz CT molecular complexity index is 352. The summed E-state index contributed by atoms with van der Waals surface area (Å²) in [4.78, 5) is 12.9. The van der Waals surface area contributed by atoms with E-state index in [9.17, 15) is 18.0 Å². The SMILES string of the molecule is Cc1cc(=O)[nH]c(C)c1C(F)(F)F. The number of rotatable bonds is 0. The zero-order chi connectivity index (χ0) is 10.2. The normalized spacial score (nSPS) is 11.8. The third-order valence-electron chi connectivity index (χ3n) is 1.71. The molecular weight excluding hydrogens is 183 g/mol. The quantitative estimate of drug-likeness (QED) is 0.668. The smallest absolute Gasteiger partial charge is 0.326 e. The van der Waals surface area contributed by atoms with Gasteiger partial charge in [-0.3, -0.25) is 4.79 Å². The zero-order valence-corrected chi connectivity index (χ0v) is 7.12. The molecule has 0 aliphatic heterocycles. The Morgan fingerprint density at radius 2 is 1.85 bits per heavy atom. The van der Waals surface area contributed by atoms with Crippen LogP contribution in [0.1, 0.15) is 16.8 Å². The molecule has 0 amide bonds. The van der Waals surface area contributed by atoms with Gasteiger partial charge in [0, 0.05) is 11.8 Å². The molecule has 0 aromatic carbocycles. The van der Waals surface area contributed by atoms with Crippen molar-refractivity contribution in [2.24, 2.45) is 0 Å². The zero-order valence-electron chi connectivity index (χ0n) is 7.12. The fourth-order valence-corrected chi connectivity index (χ4v) is 1.28. The predicted octanol–water partition coefficient (Wildman–Crippen LogP) is 2.01. The van der Waals surface area contributed by atoms with Gasteiger partial charge in [0.1, 0.15) is 0 Å². The molecule has 13 heavy (non-hydrogen) atoms. The number of aromatic nitrogens is 1. The second kappa shape index (κ2) is 2.90. The van der Waals surface area contributed by atoms with Crippen LogP contribution in [0, 0.1) is 13.8 Å². The van der Waals surface area contributed by atoms with Crippen LogP contribution in [0.3, 0.4) is 0 Å². The molecule has 0 radical (unpaired) electrons. The maximum atomic E-state index is 12.3. The second-order valence-corrected chi connectivity index (χ2v) is 2.81. The highest BCUT2D eigenvalue weighted by Gasteiger charge is 2.34. The molecule has 1 heterocycles. The molecule has 0 saturated heterocycles. The molecular formula is C8H8F3NO. The molecule has 0 unspecified atom stereocenters. The van der Waals surface area contributed by atoms with Crippen molar-refractivity contribution in [2.75, 3.05) is 0 Å². The Morgan fingerprint density at radius 1 is 1.31 bits per heavy atom. The standard InChI is InChI=1S/C8H8F3NO/c1-4-3-6(13)12-5(2)7(4)8(9,10)11/h3H,1-2H3,(H,12,13). The first-order valence-electron chi connectivity index (χ1n) is 3.60. The lowest BCUT2D eigenvalue weighted by molar-refractivity contribution is -0.138. The molecule has 1 aromatic rings. The average Bonchev–Trinajstić information content (AvgIpc) is 1.78. The number of aromatic amines is 1. The Balaban J connectivity index is 3.47. The number of pyridine rings is 1. The van der Waals surface area contributed by atoms with Crippen molar-refractivity contribution < 1.29 is 13.2 Å². The minimum Gasteiger partial charge on any atom is -0.326 e. The Kier molecular flexibility index (Phi) is 2.19. The lowest BCUT2D eigenvalue weighted by Gasteiger charge is -2.11. The second-order valence-electron chi connectivity index (χ2n) is 2.81. The van der Waals surface area contributed by atoms with Gasteiger partial charge in [0.2, 0.25) is 5.56 Å². The summed E-state index contributed by atoms with van der Waals surface area (Å²) in [6.45, 7) is 2.50. The van der Waals surface area contributed by atoms with Crippen molar-refractivity contribution in [1.29, 1.82) is 0 Å². The van der Waals surface area contributed by atoms with Gasteiger partial charge in [-0.2, -0.15) is 13.2 Å². The van der Waals surface area contributed by atoms with E-state index in [4.69, 9.17) is 0 Å². The molecule has 1 N–H and O–H groups in total. The average molecular weight is 191 g/mol. The van der Waals surface area contributed by atoms with Gasteiger partial charge in [-0.05, 0) is 19.4 Å². The molecule has 1 rings (SSSR count). The summed E-state index contributed by atoms with van der Waals surface area (Å²) in [6, 6.07) is 0.940. The summed E-state index contributed by atoms with van der Waals surface area (Å²) in [7, 11) is 0. The first kappa shape index (κ1) is 9.83. The fourth-order valence-electron chi connectivity index (χ4n) is 1.28. The highest BCUT2D eigenvalue weighted by molar-refractivity contribution is 5.30. The van der Waals surface area contributed by atoms with Gasteiger partial charge < -0.3 is 4.98 Å². The molecule has 0 aliphatic rings. The van der Waals surface area contributed by atoms with Crippen LogP contribution < -0.4 is 5.56 Å². The van der Waals surface area contributed by atoms with E-state index in [-0.39, 0.29) is 11.3 Å². The minimum atomic E-state index is -4.40. The van der Waals surface area contributed by atoms with Crippen LogP contribution in [0.4, 0.5) is 13.2 Å². The largest absolute Gasteiger partial charge is 0.418 e. The van der Waals surface area contributed by atoms with Gasteiger partial charge in [0.05, 0.1) is 5.56 Å². The summed E-state index contributed by atoms with van der Waals surface area (Å²) < 4.78 is 37.0. The number of hydrogen-bond donors (Lipinski definition) is 1. The van der Waals surface area contributed by atoms with Crippen molar-refractivity contribution in [3.63, 3.8) is 0 Å². The monoisotopic (exact) mass is 191 g/mol. The van der Waals surface area contributed by atoms with Crippen LogP contribution in [0.25, 0.3) is 0 Å². The first-order chi connectivity index (χ1) is 5.82. The van der Waals surface area contributed by atoms with E-state index >= 15 is 0 Å². The van der Waals surface area contributed by atoms with Crippen LogP contribution in [-0.2, 0) is 6.18 Å². The van der Waals surface area contributed by atoms with Crippen molar-refractivity contribution in [3.05, 3.63) is 33.2 Å². The molecule has 2 nitrogen and oxygen atoms in total. The van der Waals surface area contributed by atoms with Crippen LogP contribution in [0.5, 0.6) is 0 Å². The third kappa shape index (κ3) is 1.91. The van der Waals surface area contributed by atoms with Gasteiger partial charge >= 0.3 is 6.18 Å². The Labute approximate surface area is 72.4 Å². The predicted molar refractivity (Wildman–Crippen MR) is 41.5 cm³/mol. The summed E-state index contributed by atoms with van der Waals surface area (Å²) in [5, 5.41) is 0. The van der Waals surface area contributed by atoms with E-state index in [1.807, 2.05) is 0 Å². The highest BCUT2D eigenvalue weighted by atomic mass is 19.4. The molecule has 1 aromatic heterocycles. The molecule has 0 atom stereocenters. The summed E-state index contributed by atoms with van der Waals surface area (Å²) in [6.07, 6.45) is -4.40. The number of H-pyrrole nitrogens is 1. The molecule has 0 fully saturated rings. The van der Waals surface area contributed by atoms with Crippen LogP contribution in [0.15, 0.2) is 10.9 Å². The number of aryl methyl sites for hydroxylation is 2. The van der Waals surface area contributed by atoms with E-state index in [1.165, 1.54) is 13.8 Å². The van der Waals surface area contributed by atoms with Crippen molar-refractivity contribution in [1.82, 2.24) is 4.98 Å². The maximum absolute atomic E-state index is 12.3. The Morgan fingerprint density at radius 3 is 2.23 bits per heavy atom. The number of halogens is 3. The topological polar surface area (TPSA) is 32.9 Å². The van der Waals surface area contributed by atoms with E-state index < -0.39 is 17.3 Å². The molecule has 0 aliphatic carbocycles. The summed E-state index contributed by atoms with van der Waals surface area (Å²) in [5.74, 6) is 0. The molecule has 0 saturated carbocycles. The highest BCUT2D eigenvalue weighted by Crippen LogP contribution is 2.32. The van der Waals surface area contributed by atoms with E-state index in [2.05, 4.69) is 4.98 Å². The van der Waals surface area contributed by atoms with Gasteiger partial charge in [-0.1, -0.05) is 0 Å². The van der Waals surface area contributed by atoms with Gasteiger partial charge in [0.25, 0.3) is 0 Å². The fraction of sp³-hybridized carbons (Fsp3) is 0.375. The summed E-state index contributed by atoms with van der Waals surface area (Å²) in [5.41, 5.74) is -1.46. The lowest BCUT2D eigenvalue weighted by Crippen LogP contribution is -2.17. The minimum absolute atomic E-state index is 0.0475. The maximum Gasteiger partial charge on any atom is 0.418 e. The van der Waals surface area contributed by atoms with Gasteiger partial charge in [0.15, 0.2) is 0 Å². The van der Waals surface area contributed by atoms with Crippen LogP contribution in [-0.4, -0.2) is 4.98 Å². The number of hydrogen-bond acceptors (Lipinski definition) is 1. The van der Waals surface area contributed by atoms with Gasteiger partial charge in [-0.25, -0.2) is 0 Å². The van der Waals surface area contributed by atoms with E-state index in [0.717, 1.165) is 6.07 Å². The number of nitrogens with one attached hydrogen (secondary N) is 1. The van der Waals surface area contributed by atoms with Crippen molar-refractivity contribution in [3.8, 4) is 0 Å². The third-order valence-corrected chi connectivity index (χ3v) is 1.71. The van der Waals surface area contributed by atoms with Gasteiger partial charge in [-0.15, -0.1) is 0 Å². The lowest BCUT2D eigenvalue weighted by atomic mass is 10.1. The van der Waals surface area contributed by atoms with E-state index in [1.54, 1.807) is 0 Å². The van der Waals surface area contributed by atoms with Crippen molar-refractivity contribution >= 4 is 0 Å². The van der Waals surface area contributed by atoms with Crippen molar-refractivity contribution in [2.45, 2.75) is 20.0 Å². The molecule has 72 valence electrons. The Hall–Kier alpha value is -1.26. The van der Waals surface area contributed by atoms with E-state index in [0.29, 0.717) is 0 Å². The molecule has 0 spiro atoms.